The van der Waals surface area contributed by atoms with Gasteiger partial charge in [0.1, 0.15) is 35.9 Å². The van der Waals surface area contributed by atoms with Gasteiger partial charge in [-0.3, -0.25) is 14.5 Å². The van der Waals surface area contributed by atoms with Crippen LogP contribution in [0.1, 0.15) is 13.3 Å². The number of aromatic nitrogens is 2. The summed E-state index contributed by atoms with van der Waals surface area (Å²) in [5, 5.41) is 6.67. The predicted octanol–water partition coefficient (Wildman–Crippen LogP) is 4.84. The zero-order valence-electron chi connectivity index (χ0n) is 21.5. The molecule has 13 heteroatoms. The fraction of sp³-hybridized carbons (Fsp3) is 0.333. The second-order valence-corrected chi connectivity index (χ2v) is 11.0. The van der Waals surface area contributed by atoms with E-state index in [-0.39, 0.29) is 35.7 Å². The number of hydrogen-bond acceptors (Lipinski definition) is 9. The number of nitrogens with zero attached hydrogens (tertiary/aromatic N) is 3. The molecule has 2 N–H and O–H groups in total. The lowest BCUT2D eigenvalue weighted by Gasteiger charge is -2.29. The van der Waals surface area contributed by atoms with Crippen LogP contribution in [0.15, 0.2) is 46.3 Å². The Labute approximate surface area is 248 Å². The highest BCUT2D eigenvalue weighted by atomic mass is 127. The van der Waals surface area contributed by atoms with Gasteiger partial charge in [0.25, 0.3) is 5.91 Å². The molecule has 210 valence electrons. The van der Waals surface area contributed by atoms with E-state index in [9.17, 15) is 14.0 Å². The molecule has 2 unspecified atom stereocenters. The Kier molecular flexibility index (Phi) is 8.98. The van der Waals surface area contributed by atoms with Crippen LogP contribution in [0.25, 0.3) is 10.9 Å². The third-order valence-corrected chi connectivity index (χ3v) is 7.51. The van der Waals surface area contributed by atoms with Gasteiger partial charge >= 0.3 is 5.97 Å². The number of fused-ring (bicyclic) bond motifs is 1. The Morgan fingerprint density at radius 3 is 2.92 bits per heavy atom. The van der Waals surface area contributed by atoms with Crippen molar-refractivity contribution in [2.24, 2.45) is 0 Å². The Morgan fingerprint density at radius 1 is 1.32 bits per heavy atom. The maximum atomic E-state index is 13.7. The van der Waals surface area contributed by atoms with Crippen molar-refractivity contribution in [1.82, 2.24) is 14.9 Å². The van der Waals surface area contributed by atoms with Crippen molar-refractivity contribution in [3.63, 3.8) is 0 Å². The highest BCUT2D eigenvalue weighted by Gasteiger charge is 2.24. The first-order valence-electron chi connectivity index (χ1n) is 12.6. The van der Waals surface area contributed by atoms with E-state index in [1.165, 1.54) is 18.5 Å². The van der Waals surface area contributed by atoms with Gasteiger partial charge in [-0.2, -0.15) is 0 Å². The second-order valence-electron chi connectivity index (χ2n) is 9.45. The van der Waals surface area contributed by atoms with Crippen LogP contribution in [0.5, 0.6) is 5.75 Å². The summed E-state index contributed by atoms with van der Waals surface area (Å²) in [5.41, 5.74) is 1.54. The quantitative estimate of drug-likeness (QED) is 0.196. The Balaban J connectivity index is 1.42. The Hall–Kier alpha value is -3.07. The zero-order valence-corrected chi connectivity index (χ0v) is 24.4. The van der Waals surface area contributed by atoms with Crippen LogP contribution in [0.3, 0.4) is 0 Å². The lowest BCUT2D eigenvalue weighted by atomic mass is 10.1. The first-order chi connectivity index (χ1) is 19.2. The molecular weight excluding hydrogens is 656 g/mol. The van der Waals surface area contributed by atoms with Gasteiger partial charge in [-0.1, -0.05) is 17.7 Å². The fourth-order valence-corrected chi connectivity index (χ4v) is 4.92. The maximum Gasteiger partial charge on any atom is 0.320 e. The lowest BCUT2D eigenvalue weighted by molar-refractivity contribution is -0.156. The molecule has 10 nitrogen and oxygen atoms in total. The summed E-state index contributed by atoms with van der Waals surface area (Å²) in [4.78, 5) is 35.6. The summed E-state index contributed by atoms with van der Waals surface area (Å²) in [6.45, 7) is 4.07. The first kappa shape index (κ1) is 28.5. The molecule has 2 atom stereocenters. The summed E-state index contributed by atoms with van der Waals surface area (Å²) in [5.74, 6) is -0.260. The van der Waals surface area contributed by atoms with Crippen LogP contribution in [0, 0.1) is 5.82 Å². The molecule has 2 aliphatic rings. The molecule has 0 saturated carbocycles. The predicted molar refractivity (Wildman–Crippen MR) is 157 cm³/mol. The smallest absolute Gasteiger partial charge is 0.320 e. The summed E-state index contributed by atoms with van der Waals surface area (Å²) in [7, 11) is 0. The summed E-state index contributed by atoms with van der Waals surface area (Å²) in [6, 6.07) is 7.74. The summed E-state index contributed by atoms with van der Waals surface area (Å²) < 4.78 is 30.9. The monoisotopic (exact) mass is 681 g/mol. The van der Waals surface area contributed by atoms with E-state index in [4.69, 9.17) is 25.8 Å². The Morgan fingerprint density at radius 2 is 2.17 bits per heavy atom. The second kappa shape index (κ2) is 12.6. The minimum Gasteiger partial charge on any atom is -0.486 e. The van der Waals surface area contributed by atoms with Gasteiger partial charge in [-0.25, -0.2) is 14.4 Å². The highest BCUT2D eigenvalue weighted by molar-refractivity contribution is 14.1. The van der Waals surface area contributed by atoms with Crippen molar-refractivity contribution in [1.29, 1.82) is 0 Å². The standard InChI is InChI=1S/C27H26ClFIN5O5/c1-15-11-35(12-25(36)39-15)6-4-21(30)27(37)34-23-9-18-22(10-24(23)40-17-5-7-38-13-17)31-14-32-26(18)33-16-2-3-20(29)19(28)8-16/h2-4,8-10,14-15,17H,5-7,11-13H2,1H3,(H,34,37)(H,31,32,33). The number of esters is 1. The molecule has 0 aliphatic carbocycles. The van der Waals surface area contributed by atoms with Crippen LogP contribution in [0.4, 0.5) is 21.6 Å². The number of benzene rings is 2. The first-order valence-corrected chi connectivity index (χ1v) is 14.0. The molecule has 0 radical (unpaired) electrons. The van der Waals surface area contributed by atoms with Gasteiger partial charge in [-0.05, 0) is 53.8 Å². The number of halogens is 3. The normalized spacial score (nSPS) is 19.9. The molecule has 3 aromatic rings. The van der Waals surface area contributed by atoms with Gasteiger partial charge in [0.05, 0.1) is 39.6 Å². The lowest BCUT2D eigenvalue weighted by Crippen LogP contribution is -2.44. The van der Waals surface area contributed by atoms with E-state index in [1.807, 2.05) is 34.4 Å². The van der Waals surface area contributed by atoms with Gasteiger partial charge in [-0.15, -0.1) is 0 Å². The molecule has 1 aromatic heterocycles. The molecule has 2 fully saturated rings. The van der Waals surface area contributed by atoms with Crippen molar-refractivity contribution in [3.8, 4) is 5.75 Å². The van der Waals surface area contributed by atoms with Gasteiger partial charge in [0.2, 0.25) is 0 Å². The number of anilines is 3. The van der Waals surface area contributed by atoms with Crippen LogP contribution in [-0.4, -0.2) is 71.8 Å². The summed E-state index contributed by atoms with van der Waals surface area (Å²) >= 11 is 7.92. The van der Waals surface area contributed by atoms with Gasteiger partial charge in [0.15, 0.2) is 0 Å². The largest absolute Gasteiger partial charge is 0.486 e. The maximum absolute atomic E-state index is 13.7. The van der Waals surface area contributed by atoms with Crippen molar-refractivity contribution >= 4 is 74.2 Å². The molecule has 0 spiro atoms. The number of ether oxygens (including phenoxy) is 3. The topological polar surface area (TPSA) is 115 Å². The van der Waals surface area contributed by atoms with Gasteiger partial charge < -0.3 is 24.8 Å². The number of rotatable bonds is 8. The number of nitrogens with one attached hydrogen (secondary N) is 2. The zero-order chi connectivity index (χ0) is 28.2. The van der Waals surface area contributed by atoms with Crippen molar-refractivity contribution < 1.29 is 28.2 Å². The number of amides is 1. The minimum atomic E-state index is -0.528. The molecule has 2 saturated heterocycles. The molecule has 3 heterocycles. The van der Waals surface area contributed by atoms with E-state index in [1.54, 1.807) is 24.3 Å². The Bertz CT molecular complexity index is 1470. The molecule has 2 aliphatic heterocycles. The molecule has 0 bridgehead atoms. The van der Waals surface area contributed by atoms with E-state index in [0.29, 0.717) is 63.7 Å². The van der Waals surface area contributed by atoms with Crippen LogP contribution >= 0.6 is 34.2 Å². The van der Waals surface area contributed by atoms with Crippen LogP contribution in [-0.2, 0) is 19.1 Å². The van der Waals surface area contributed by atoms with Crippen LogP contribution < -0.4 is 15.4 Å². The average Bonchev–Trinajstić information content (AvgIpc) is 3.42. The van der Waals surface area contributed by atoms with Crippen molar-refractivity contribution in [3.05, 3.63) is 57.2 Å². The number of carbonyl (C=O) groups excluding carboxylic acids is 2. The average molecular weight is 682 g/mol. The minimum absolute atomic E-state index is 0.0250. The summed E-state index contributed by atoms with van der Waals surface area (Å²) in [6.07, 6.45) is 3.53. The number of morpholine rings is 1. The SMILES string of the molecule is CC1CN(CC=C(I)C(=O)Nc2cc3c(Nc4ccc(F)c(Cl)c4)ncnc3cc2OC2CCOC2)CC(=O)O1. The van der Waals surface area contributed by atoms with Gasteiger partial charge in [0, 0.05) is 36.7 Å². The fourth-order valence-electron chi connectivity index (χ4n) is 4.41. The molecule has 2 aromatic carbocycles. The number of hydrogen-bond donors (Lipinski definition) is 2. The number of cyclic esters (lactones) is 1. The van der Waals surface area contributed by atoms with Crippen molar-refractivity contribution in [2.75, 3.05) is 43.5 Å². The molecular formula is C27H26ClFIN5O5. The van der Waals surface area contributed by atoms with E-state index >= 15 is 0 Å². The van der Waals surface area contributed by atoms with E-state index in [0.717, 1.165) is 6.42 Å². The number of carbonyl (C=O) groups is 2. The molecule has 1 amide bonds. The van der Waals surface area contributed by atoms with E-state index in [2.05, 4.69) is 20.6 Å². The third kappa shape index (κ3) is 6.97. The van der Waals surface area contributed by atoms with Crippen LogP contribution in [0.2, 0.25) is 5.02 Å². The van der Waals surface area contributed by atoms with Crippen molar-refractivity contribution in [2.45, 2.75) is 25.6 Å². The molecule has 5 rings (SSSR count). The highest BCUT2D eigenvalue weighted by Crippen LogP contribution is 2.35. The molecule has 40 heavy (non-hydrogen) atoms. The third-order valence-electron chi connectivity index (χ3n) is 6.30. The van der Waals surface area contributed by atoms with E-state index < -0.39 is 5.82 Å².